The first kappa shape index (κ1) is 14.7. The van der Waals surface area contributed by atoms with Gasteiger partial charge in [-0.3, -0.25) is 9.89 Å². The number of rotatable bonds is 5. The summed E-state index contributed by atoms with van der Waals surface area (Å²) in [6, 6.07) is 5.44. The van der Waals surface area contributed by atoms with E-state index in [4.69, 9.17) is 14.2 Å². The average molecular weight is 321 g/mol. The summed E-state index contributed by atoms with van der Waals surface area (Å²) >= 11 is 1.30. The number of esters is 1. The average Bonchev–Trinajstić information content (AvgIpc) is 3.17. The molecule has 1 aliphatic heterocycles. The highest BCUT2D eigenvalue weighted by molar-refractivity contribution is 8.00. The largest absolute Gasteiger partial charge is 0.497 e. The second-order valence-electron chi connectivity index (χ2n) is 4.60. The van der Waals surface area contributed by atoms with Gasteiger partial charge in [0.15, 0.2) is 5.82 Å². The van der Waals surface area contributed by atoms with Gasteiger partial charge in [-0.15, -0.1) is 5.10 Å². The Balaban J connectivity index is 1.82. The van der Waals surface area contributed by atoms with E-state index in [1.165, 1.54) is 11.8 Å². The maximum absolute atomic E-state index is 11.5. The number of methoxy groups -OCH3 is 2. The minimum Gasteiger partial charge on any atom is -0.497 e. The number of carbonyl (C=O) groups is 1. The van der Waals surface area contributed by atoms with Crippen molar-refractivity contribution in [2.75, 3.05) is 20.8 Å². The molecule has 2 aromatic rings. The predicted molar refractivity (Wildman–Crippen MR) is 80.1 cm³/mol. The Morgan fingerprint density at radius 1 is 1.36 bits per heavy atom. The quantitative estimate of drug-likeness (QED) is 0.842. The van der Waals surface area contributed by atoms with Gasteiger partial charge in [0.05, 0.1) is 26.4 Å². The van der Waals surface area contributed by atoms with Crippen LogP contribution >= 0.6 is 11.8 Å². The predicted octanol–water partition coefficient (Wildman–Crippen LogP) is 1.90. The summed E-state index contributed by atoms with van der Waals surface area (Å²) in [6.07, 6.45) is 0.680. The van der Waals surface area contributed by atoms with E-state index in [0.29, 0.717) is 35.5 Å². The molecular weight excluding hydrogens is 306 g/mol. The molecule has 116 valence electrons. The Hall–Kier alpha value is -2.22. The van der Waals surface area contributed by atoms with Crippen molar-refractivity contribution < 1.29 is 19.0 Å². The number of H-pyrrole nitrogens is 1. The Labute approximate surface area is 131 Å². The number of hydrogen-bond donors (Lipinski definition) is 1. The SMILES string of the molecule is COc1ccc(-c2nc(SC3CCOC3=O)n[nH]2)c(OC)c1. The van der Waals surface area contributed by atoms with E-state index >= 15 is 0 Å². The van der Waals surface area contributed by atoms with Gasteiger partial charge in [-0.05, 0) is 12.1 Å². The number of nitrogens with one attached hydrogen (secondary N) is 1. The molecule has 1 aromatic carbocycles. The molecule has 0 bridgehead atoms. The molecular formula is C14H15N3O4S. The molecule has 22 heavy (non-hydrogen) atoms. The summed E-state index contributed by atoms with van der Waals surface area (Å²) in [5.74, 6) is 1.70. The van der Waals surface area contributed by atoms with Crippen LogP contribution < -0.4 is 9.47 Å². The van der Waals surface area contributed by atoms with E-state index < -0.39 is 0 Å². The second kappa shape index (κ2) is 6.27. The van der Waals surface area contributed by atoms with E-state index in [0.717, 1.165) is 5.56 Å². The number of aromatic amines is 1. The number of benzene rings is 1. The zero-order valence-electron chi connectivity index (χ0n) is 12.2. The Morgan fingerprint density at radius 3 is 2.91 bits per heavy atom. The molecule has 1 N–H and O–H groups in total. The molecule has 1 aromatic heterocycles. The molecule has 0 radical (unpaired) electrons. The molecule has 1 unspecified atom stereocenters. The third-order valence-corrected chi connectivity index (χ3v) is 4.37. The lowest BCUT2D eigenvalue weighted by molar-refractivity contribution is -0.137. The molecule has 3 rings (SSSR count). The minimum atomic E-state index is -0.235. The molecule has 0 saturated carbocycles. The first-order chi connectivity index (χ1) is 10.7. The molecule has 1 atom stereocenters. The van der Waals surface area contributed by atoms with Gasteiger partial charge in [0.1, 0.15) is 16.7 Å². The monoisotopic (exact) mass is 321 g/mol. The van der Waals surface area contributed by atoms with E-state index in [1.807, 2.05) is 12.1 Å². The standard InChI is InChI=1S/C14H15N3O4S/c1-19-8-3-4-9(10(7-8)20-2)12-15-14(17-16-12)22-11-5-6-21-13(11)18/h3-4,7,11H,5-6H2,1-2H3,(H,15,16,17). The van der Waals surface area contributed by atoms with Gasteiger partial charge in [0, 0.05) is 12.5 Å². The fourth-order valence-electron chi connectivity index (χ4n) is 2.13. The van der Waals surface area contributed by atoms with Crippen molar-refractivity contribution in [3.8, 4) is 22.9 Å². The van der Waals surface area contributed by atoms with Gasteiger partial charge in [-0.2, -0.15) is 0 Å². The van der Waals surface area contributed by atoms with Crippen molar-refractivity contribution in [3.63, 3.8) is 0 Å². The maximum atomic E-state index is 11.5. The van der Waals surface area contributed by atoms with Crippen LogP contribution in [0.1, 0.15) is 6.42 Å². The lowest BCUT2D eigenvalue weighted by Gasteiger charge is -2.07. The van der Waals surface area contributed by atoms with Gasteiger partial charge >= 0.3 is 5.97 Å². The Kier molecular flexibility index (Phi) is 4.19. The zero-order chi connectivity index (χ0) is 15.5. The number of hydrogen-bond acceptors (Lipinski definition) is 7. The first-order valence-electron chi connectivity index (χ1n) is 6.69. The van der Waals surface area contributed by atoms with Gasteiger partial charge in [-0.25, -0.2) is 4.98 Å². The van der Waals surface area contributed by atoms with Crippen molar-refractivity contribution in [2.45, 2.75) is 16.8 Å². The van der Waals surface area contributed by atoms with Gasteiger partial charge in [0.25, 0.3) is 0 Å². The second-order valence-corrected chi connectivity index (χ2v) is 5.77. The van der Waals surface area contributed by atoms with Gasteiger partial charge in [0.2, 0.25) is 5.16 Å². The normalized spacial score (nSPS) is 17.4. The molecule has 1 aliphatic rings. The van der Waals surface area contributed by atoms with Crippen LogP contribution in [0, 0.1) is 0 Å². The summed E-state index contributed by atoms with van der Waals surface area (Å²) < 4.78 is 15.5. The number of ether oxygens (including phenoxy) is 3. The highest BCUT2D eigenvalue weighted by Crippen LogP contribution is 2.33. The van der Waals surface area contributed by atoms with Crippen molar-refractivity contribution in [2.24, 2.45) is 0 Å². The van der Waals surface area contributed by atoms with Crippen molar-refractivity contribution in [1.82, 2.24) is 15.2 Å². The molecule has 0 amide bonds. The summed E-state index contributed by atoms with van der Waals surface area (Å²) in [5.41, 5.74) is 0.775. The highest BCUT2D eigenvalue weighted by atomic mass is 32.2. The number of carbonyl (C=O) groups excluding carboxylic acids is 1. The van der Waals surface area contributed by atoms with Crippen molar-refractivity contribution in [1.29, 1.82) is 0 Å². The van der Waals surface area contributed by atoms with Crippen LogP contribution in [0.2, 0.25) is 0 Å². The summed E-state index contributed by atoms with van der Waals surface area (Å²) in [7, 11) is 3.18. The lowest BCUT2D eigenvalue weighted by Crippen LogP contribution is -2.09. The van der Waals surface area contributed by atoms with Crippen molar-refractivity contribution >= 4 is 17.7 Å². The van der Waals surface area contributed by atoms with Crippen LogP contribution in [0.5, 0.6) is 11.5 Å². The summed E-state index contributed by atoms with van der Waals surface area (Å²) in [6.45, 7) is 0.458. The first-order valence-corrected chi connectivity index (χ1v) is 7.57. The van der Waals surface area contributed by atoms with E-state index in [9.17, 15) is 4.79 Å². The number of cyclic esters (lactones) is 1. The molecule has 1 saturated heterocycles. The highest BCUT2D eigenvalue weighted by Gasteiger charge is 2.29. The van der Waals surface area contributed by atoms with Gasteiger partial charge < -0.3 is 14.2 Å². The summed E-state index contributed by atoms with van der Waals surface area (Å²) in [4.78, 5) is 15.9. The zero-order valence-corrected chi connectivity index (χ0v) is 13.0. The third-order valence-electron chi connectivity index (χ3n) is 3.26. The van der Waals surface area contributed by atoms with Crippen molar-refractivity contribution in [3.05, 3.63) is 18.2 Å². The maximum Gasteiger partial charge on any atom is 0.319 e. The van der Waals surface area contributed by atoms with E-state index in [2.05, 4.69) is 15.2 Å². The topological polar surface area (TPSA) is 86.3 Å². The summed E-state index contributed by atoms with van der Waals surface area (Å²) in [5, 5.41) is 7.28. The lowest BCUT2D eigenvalue weighted by atomic mass is 10.2. The fraction of sp³-hybridized carbons (Fsp3) is 0.357. The minimum absolute atomic E-state index is 0.210. The number of nitrogens with zero attached hydrogens (tertiary/aromatic N) is 2. The van der Waals surface area contributed by atoms with Crippen LogP contribution in [0.15, 0.2) is 23.4 Å². The molecule has 0 spiro atoms. The Morgan fingerprint density at radius 2 is 2.23 bits per heavy atom. The van der Waals surface area contributed by atoms with E-state index in [-0.39, 0.29) is 11.2 Å². The van der Waals surface area contributed by atoms with Crippen LogP contribution in [0.25, 0.3) is 11.4 Å². The van der Waals surface area contributed by atoms with E-state index in [1.54, 1.807) is 20.3 Å². The van der Waals surface area contributed by atoms with Crippen LogP contribution in [-0.2, 0) is 9.53 Å². The Bertz CT molecular complexity index is 688. The number of aromatic nitrogens is 3. The number of thioether (sulfide) groups is 1. The van der Waals surface area contributed by atoms with Gasteiger partial charge in [-0.1, -0.05) is 11.8 Å². The molecule has 0 aliphatic carbocycles. The molecule has 1 fully saturated rings. The molecule has 7 nitrogen and oxygen atoms in total. The van der Waals surface area contributed by atoms with Crippen LogP contribution in [0.3, 0.4) is 0 Å². The van der Waals surface area contributed by atoms with Crippen LogP contribution in [-0.4, -0.2) is 47.2 Å². The third kappa shape index (κ3) is 2.87. The molecule has 8 heteroatoms. The smallest absolute Gasteiger partial charge is 0.319 e. The fourth-order valence-corrected chi connectivity index (χ4v) is 3.00. The molecule has 2 heterocycles. The van der Waals surface area contributed by atoms with Crippen LogP contribution in [0.4, 0.5) is 0 Å².